The lowest BCUT2D eigenvalue weighted by atomic mass is 10.1. The van der Waals surface area contributed by atoms with E-state index in [-0.39, 0.29) is 6.04 Å². The standard InChI is InChI=1S/C11H16FNS/c12-10(11-4-1-7-13-11)6-5-9-3-2-8-14-9/h2-3,8,10-11,13H,1,4-7H2. The molecule has 1 saturated heterocycles. The highest BCUT2D eigenvalue weighted by atomic mass is 32.1. The quantitative estimate of drug-likeness (QED) is 0.811. The summed E-state index contributed by atoms with van der Waals surface area (Å²) in [7, 11) is 0. The molecule has 1 aromatic heterocycles. The summed E-state index contributed by atoms with van der Waals surface area (Å²) in [6, 6.07) is 4.23. The van der Waals surface area contributed by atoms with Crippen molar-refractivity contribution in [2.45, 2.75) is 37.9 Å². The Hall–Kier alpha value is -0.410. The van der Waals surface area contributed by atoms with Crippen molar-refractivity contribution in [3.8, 4) is 0 Å². The molecular weight excluding hydrogens is 197 g/mol. The first-order valence-corrected chi connectivity index (χ1v) is 6.14. The molecule has 78 valence electrons. The molecule has 1 aromatic rings. The molecule has 0 aromatic carbocycles. The van der Waals surface area contributed by atoms with Gasteiger partial charge in [0.1, 0.15) is 6.17 Å². The Balaban J connectivity index is 1.74. The van der Waals surface area contributed by atoms with Gasteiger partial charge in [-0.05, 0) is 43.7 Å². The van der Waals surface area contributed by atoms with Gasteiger partial charge in [0, 0.05) is 10.9 Å². The maximum absolute atomic E-state index is 13.6. The molecule has 2 rings (SSSR count). The molecule has 0 saturated carbocycles. The molecular formula is C11H16FNS. The zero-order valence-electron chi connectivity index (χ0n) is 8.21. The number of hydrogen-bond acceptors (Lipinski definition) is 2. The number of hydrogen-bond donors (Lipinski definition) is 1. The van der Waals surface area contributed by atoms with Gasteiger partial charge >= 0.3 is 0 Å². The Morgan fingerprint density at radius 1 is 1.64 bits per heavy atom. The van der Waals surface area contributed by atoms with Gasteiger partial charge in [-0.2, -0.15) is 0 Å². The van der Waals surface area contributed by atoms with Crippen LogP contribution in [0.3, 0.4) is 0 Å². The monoisotopic (exact) mass is 213 g/mol. The Kier molecular flexibility index (Phi) is 3.54. The van der Waals surface area contributed by atoms with Crippen LogP contribution in [0, 0.1) is 0 Å². The van der Waals surface area contributed by atoms with Gasteiger partial charge in [0.15, 0.2) is 0 Å². The van der Waals surface area contributed by atoms with Gasteiger partial charge in [0.2, 0.25) is 0 Å². The second-order valence-corrected chi connectivity index (χ2v) is 4.87. The fourth-order valence-corrected chi connectivity index (χ4v) is 2.68. The Morgan fingerprint density at radius 3 is 3.21 bits per heavy atom. The van der Waals surface area contributed by atoms with Crippen LogP contribution in [-0.2, 0) is 6.42 Å². The summed E-state index contributed by atoms with van der Waals surface area (Å²) in [6.45, 7) is 0.990. The van der Waals surface area contributed by atoms with Crippen LogP contribution in [-0.4, -0.2) is 18.8 Å². The van der Waals surface area contributed by atoms with Crippen LogP contribution in [0.4, 0.5) is 4.39 Å². The topological polar surface area (TPSA) is 12.0 Å². The van der Waals surface area contributed by atoms with Crippen molar-refractivity contribution in [2.75, 3.05) is 6.54 Å². The summed E-state index contributed by atoms with van der Waals surface area (Å²) in [6.07, 6.45) is 3.02. The Bertz CT molecular complexity index is 254. The first-order valence-electron chi connectivity index (χ1n) is 5.26. The third-order valence-electron chi connectivity index (χ3n) is 2.78. The molecule has 1 aliphatic heterocycles. The van der Waals surface area contributed by atoms with E-state index in [0.717, 1.165) is 25.8 Å². The highest BCUT2D eigenvalue weighted by Gasteiger charge is 2.23. The van der Waals surface area contributed by atoms with Gasteiger partial charge in [0.25, 0.3) is 0 Å². The number of nitrogens with one attached hydrogen (secondary N) is 1. The summed E-state index contributed by atoms with van der Waals surface area (Å²) >= 11 is 1.72. The molecule has 2 atom stereocenters. The van der Waals surface area contributed by atoms with Gasteiger partial charge < -0.3 is 5.32 Å². The average Bonchev–Trinajstić information content (AvgIpc) is 2.87. The first-order chi connectivity index (χ1) is 6.86. The van der Waals surface area contributed by atoms with Crippen LogP contribution < -0.4 is 5.32 Å². The number of thiophene rings is 1. The van der Waals surface area contributed by atoms with E-state index in [1.165, 1.54) is 4.88 Å². The van der Waals surface area contributed by atoms with E-state index in [4.69, 9.17) is 0 Å². The number of alkyl halides is 1. The van der Waals surface area contributed by atoms with Crippen molar-refractivity contribution in [2.24, 2.45) is 0 Å². The van der Waals surface area contributed by atoms with E-state index in [9.17, 15) is 4.39 Å². The fraction of sp³-hybridized carbons (Fsp3) is 0.636. The number of rotatable bonds is 4. The van der Waals surface area contributed by atoms with E-state index in [2.05, 4.69) is 16.8 Å². The van der Waals surface area contributed by atoms with Crippen molar-refractivity contribution in [1.82, 2.24) is 5.32 Å². The molecule has 0 aliphatic carbocycles. The molecule has 0 radical (unpaired) electrons. The molecule has 1 aliphatic rings. The van der Waals surface area contributed by atoms with E-state index < -0.39 is 6.17 Å². The first kappa shape index (κ1) is 10.1. The fourth-order valence-electron chi connectivity index (χ4n) is 1.96. The normalized spacial score (nSPS) is 23.9. The summed E-state index contributed by atoms with van der Waals surface area (Å²) in [5.74, 6) is 0. The molecule has 0 bridgehead atoms. The van der Waals surface area contributed by atoms with E-state index in [1.54, 1.807) is 11.3 Å². The zero-order chi connectivity index (χ0) is 9.80. The van der Waals surface area contributed by atoms with Crippen LogP contribution in [0.5, 0.6) is 0 Å². The van der Waals surface area contributed by atoms with Crippen molar-refractivity contribution in [3.05, 3.63) is 22.4 Å². The van der Waals surface area contributed by atoms with Gasteiger partial charge in [-0.3, -0.25) is 0 Å². The lowest BCUT2D eigenvalue weighted by molar-refractivity contribution is 0.250. The zero-order valence-corrected chi connectivity index (χ0v) is 9.02. The molecule has 2 heterocycles. The van der Waals surface area contributed by atoms with Gasteiger partial charge in [-0.1, -0.05) is 6.07 Å². The molecule has 2 unspecified atom stereocenters. The third-order valence-corrected chi connectivity index (χ3v) is 3.72. The van der Waals surface area contributed by atoms with Crippen molar-refractivity contribution >= 4 is 11.3 Å². The van der Waals surface area contributed by atoms with Crippen molar-refractivity contribution < 1.29 is 4.39 Å². The maximum atomic E-state index is 13.6. The molecule has 1 fully saturated rings. The van der Waals surface area contributed by atoms with E-state index in [0.29, 0.717) is 6.42 Å². The van der Waals surface area contributed by atoms with Crippen LogP contribution in [0.25, 0.3) is 0 Å². The molecule has 3 heteroatoms. The molecule has 0 amide bonds. The smallest absolute Gasteiger partial charge is 0.116 e. The lowest BCUT2D eigenvalue weighted by Crippen LogP contribution is -2.32. The van der Waals surface area contributed by atoms with Crippen molar-refractivity contribution in [3.63, 3.8) is 0 Å². The second-order valence-electron chi connectivity index (χ2n) is 3.84. The minimum Gasteiger partial charge on any atom is -0.311 e. The number of halogens is 1. The maximum Gasteiger partial charge on any atom is 0.116 e. The minimum absolute atomic E-state index is 0.120. The third kappa shape index (κ3) is 2.55. The molecule has 1 nitrogen and oxygen atoms in total. The van der Waals surface area contributed by atoms with Crippen LogP contribution in [0.1, 0.15) is 24.1 Å². The van der Waals surface area contributed by atoms with E-state index in [1.807, 2.05) is 6.07 Å². The highest BCUT2D eigenvalue weighted by molar-refractivity contribution is 7.09. The molecule has 14 heavy (non-hydrogen) atoms. The van der Waals surface area contributed by atoms with Crippen LogP contribution >= 0.6 is 11.3 Å². The predicted octanol–water partition coefficient (Wildman–Crippen LogP) is 2.77. The summed E-state index contributed by atoms with van der Waals surface area (Å²) in [4.78, 5) is 1.30. The van der Waals surface area contributed by atoms with E-state index >= 15 is 0 Å². The highest BCUT2D eigenvalue weighted by Crippen LogP contribution is 2.18. The second kappa shape index (κ2) is 4.89. The van der Waals surface area contributed by atoms with Crippen molar-refractivity contribution in [1.29, 1.82) is 0 Å². The van der Waals surface area contributed by atoms with Gasteiger partial charge in [-0.15, -0.1) is 11.3 Å². The summed E-state index contributed by atoms with van der Waals surface area (Å²) < 4.78 is 13.6. The summed E-state index contributed by atoms with van der Waals surface area (Å²) in [5, 5.41) is 5.27. The van der Waals surface area contributed by atoms with Crippen LogP contribution in [0.2, 0.25) is 0 Å². The molecule has 1 N–H and O–H groups in total. The minimum atomic E-state index is -0.667. The predicted molar refractivity (Wildman–Crippen MR) is 58.6 cm³/mol. The van der Waals surface area contributed by atoms with Crippen LogP contribution in [0.15, 0.2) is 17.5 Å². The molecule has 0 spiro atoms. The largest absolute Gasteiger partial charge is 0.311 e. The number of aryl methyl sites for hydroxylation is 1. The Labute approximate surface area is 88.3 Å². The lowest BCUT2D eigenvalue weighted by Gasteiger charge is -2.15. The summed E-state index contributed by atoms with van der Waals surface area (Å²) in [5.41, 5.74) is 0. The van der Waals surface area contributed by atoms with Gasteiger partial charge in [-0.25, -0.2) is 4.39 Å². The SMILES string of the molecule is FC(CCc1cccs1)C1CCCN1. The average molecular weight is 213 g/mol. The Morgan fingerprint density at radius 2 is 2.57 bits per heavy atom. The van der Waals surface area contributed by atoms with Gasteiger partial charge in [0.05, 0.1) is 0 Å².